The highest BCUT2D eigenvalue weighted by Gasteiger charge is 2.31. The number of alkyl halides is 1. The van der Waals surface area contributed by atoms with Crippen molar-refractivity contribution >= 4 is 17.7 Å². The van der Waals surface area contributed by atoms with E-state index in [0.717, 1.165) is 36.2 Å². The molecule has 37 heavy (non-hydrogen) atoms. The van der Waals surface area contributed by atoms with Crippen LogP contribution in [-0.4, -0.2) is 57.8 Å². The number of aryl methyl sites for hydroxylation is 2. The first kappa shape index (κ1) is 28.3. The summed E-state index contributed by atoms with van der Waals surface area (Å²) in [6, 6.07) is 5.07. The second-order valence-corrected chi connectivity index (χ2v) is 10.5. The van der Waals surface area contributed by atoms with Crippen LogP contribution in [0.15, 0.2) is 24.5 Å². The third kappa shape index (κ3) is 7.63. The van der Waals surface area contributed by atoms with Gasteiger partial charge in [0.2, 0.25) is 0 Å². The number of carbonyl (C=O) groups is 2. The van der Waals surface area contributed by atoms with Crippen LogP contribution in [0.2, 0.25) is 0 Å². The van der Waals surface area contributed by atoms with Crippen molar-refractivity contribution in [2.24, 2.45) is 0 Å². The highest BCUT2D eigenvalue weighted by atomic mass is 19.1. The number of aromatic nitrogens is 2. The number of amides is 2. The van der Waals surface area contributed by atoms with E-state index in [1.807, 2.05) is 41.5 Å². The van der Waals surface area contributed by atoms with Gasteiger partial charge in [0, 0.05) is 34.7 Å². The van der Waals surface area contributed by atoms with E-state index >= 15 is 0 Å². The number of halogens is 1. The SMILES string of the molecule is CCCC(F)C(=O)Nc1ccc(OC[C@H]2CCCCN2C(=O)OC(C)(C)C)c(-c2c(C)ncnc2C)c1. The minimum Gasteiger partial charge on any atom is -0.491 e. The van der Waals surface area contributed by atoms with Gasteiger partial charge in [0.25, 0.3) is 5.91 Å². The number of nitrogens with one attached hydrogen (secondary N) is 1. The maximum Gasteiger partial charge on any atom is 0.410 e. The zero-order chi connectivity index (χ0) is 27.2. The summed E-state index contributed by atoms with van der Waals surface area (Å²) in [6.07, 6.45) is 3.06. The fourth-order valence-corrected chi connectivity index (χ4v) is 4.44. The van der Waals surface area contributed by atoms with Gasteiger partial charge >= 0.3 is 6.09 Å². The first-order valence-electron chi connectivity index (χ1n) is 13.0. The zero-order valence-corrected chi connectivity index (χ0v) is 22.8. The maximum absolute atomic E-state index is 14.1. The Kier molecular flexibility index (Phi) is 9.45. The van der Waals surface area contributed by atoms with Gasteiger partial charge in [0.15, 0.2) is 6.17 Å². The third-order valence-corrected chi connectivity index (χ3v) is 6.26. The Bertz CT molecular complexity index is 1080. The molecule has 0 radical (unpaired) electrons. The third-order valence-electron chi connectivity index (χ3n) is 6.26. The average Bonchev–Trinajstić information content (AvgIpc) is 2.82. The minimum atomic E-state index is -1.57. The first-order chi connectivity index (χ1) is 17.5. The molecule has 0 saturated carbocycles. The number of anilines is 1. The molecule has 2 aromatic rings. The van der Waals surface area contributed by atoms with E-state index in [4.69, 9.17) is 9.47 Å². The lowest BCUT2D eigenvalue weighted by atomic mass is 10.0. The summed E-state index contributed by atoms with van der Waals surface area (Å²) in [5.41, 5.74) is 2.87. The number of hydrogen-bond acceptors (Lipinski definition) is 6. The van der Waals surface area contributed by atoms with Crippen molar-refractivity contribution in [2.75, 3.05) is 18.5 Å². The fraction of sp³-hybridized carbons (Fsp3) is 0.571. The summed E-state index contributed by atoms with van der Waals surface area (Å²) in [5, 5.41) is 2.67. The van der Waals surface area contributed by atoms with Crippen LogP contribution in [0.25, 0.3) is 11.1 Å². The van der Waals surface area contributed by atoms with Gasteiger partial charge in [0.1, 0.15) is 24.3 Å². The molecular formula is C28H39FN4O4. The molecule has 1 aromatic carbocycles. The largest absolute Gasteiger partial charge is 0.491 e. The molecular weight excluding hydrogens is 475 g/mol. The van der Waals surface area contributed by atoms with Crippen LogP contribution < -0.4 is 10.1 Å². The highest BCUT2D eigenvalue weighted by Crippen LogP contribution is 2.36. The molecule has 0 aliphatic carbocycles. The van der Waals surface area contributed by atoms with Gasteiger partial charge in [-0.1, -0.05) is 13.3 Å². The molecule has 1 aliphatic heterocycles. The van der Waals surface area contributed by atoms with E-state index in [2.05, 4.69) is 15.3 Å². The summed E-state index contributed by atoms with van der Waals surface area (Å²) in [6.45, 7) is 12.1. The lowest BCUT2D eigenvalue weighted by Gasteiger charge is -2.36. The minimum absolute atomic E-state index is 0.133. The fourth-order valence-electron chi connectivity index (χ4n) is 4.44. The second kappa shape index (κ2) is 12.3. The zero-order valence-electron chi connectivity index (χ0n) is 22.8. The molecule has 202 valence electrons. The topological polar surface area (TPSA) is 93.7 Å². The standard InChI is InChI=1S/C28H39FN4O4/c1-7-10-23(29)26(34)32-20-12-13-24(22(15-20)25-18(2)30-17-31-19(25)3)36-16-21-11-8-9-14-33(21)27(35)37-28(4,5)6/h12-13,15,17,21,23H,7-11,14,16H2,1-6H3,(H,32,34)/t21-,23?/m1/s1. The normalized spacial score (nSPS) is 16.7. The van der Waals surface area contributed by atoms with Gasteiger partial charge in [-0.05, 0) is 78.5 Å². The molecule has 2 heterocycles. The Balaban J connectivity index is 1.88. The van der Waals surface area contributed by atoms with Crippen LogP contribution in [0.1, 0.15) is 71.2 Å². The molecule has 3 rings (SSSR count). The number of rotatable bonds is 8. The van der Waals surface area contributed by atoms with E-state index in [9.17, 15) is 14.0 Å². The summed E-state index contributed by atoms with van der Waals surface area (Å²) in [5.74, 6) is -0.103. The van der Waals surface area contributed by atoms with Crippen molar-refractivity contribution < 1.29 is 23.5 Å². The predicted octanol–water partition coefficient (Wildman–Crippen LogP) is 6.01. The van der Waals surface area contributed by atoms with Gasteiger partial charge in [0.05, 0.1) is 6.04 Å². The molecule has 2 amide bonds. The van der Waals surface area contributed by atoms with Crippen LogP contribution >= 0.6 is 0 Å². The Morgan fingerprint density at radius 3 is 2.54 bits per heavy atom. The van der Waals surface area contributed by atoms with Gasteiger partial charge in [-0.2, -0.15) is 0 Å². The lowest BCUT2D eigenvalue weighted by molar-refractivity contribution is -0.121. The number of benzene rings is 1. The van der Waals surface area contributed by atoms with Crippen molar-refractivity contribution in [1.29, 1.82) is 0 Å². The average molecular weight is 515 g/mol. The molecule has 8 nitrogen and oxygen atoms in total. The molecule has 1 saturated heterocycles. The van der Waals surface area contributed by atoms with E-state index in [-0.39, 0.29) is 25.2 Å². The van der Waals surface area contributed by atoms with Crippen LogP contribution in [0.3, 0.4) is 0 Å². The van der Waals surface area contributed by atoms with Crippen molar-refractivity contribution in [2.45, 2.75) is 91.5 Å². The monoisotopic (exact) mass is 514 g/mol. The van der Waals surface area contributed by atoms with Gasteiger partial charge in [-0.25, -0.2) is 19.2 Å². The number of hydrogen-bond donors (Lipinski definition) is 1. The summed E-state index contributed by atoms with van der Waals surface area (Å²) in [7, 11) is 0. The molecule has 1 aromatic heterocycles. The summed E-state index contributed by atoms with van der Waals surface area (Å²) < 4.78 is 26.1. The lowest BCUT2D eigenvalue weighted by Crippen LogP contribution is -2.48. The van der Waals surface area contributed by atoms with Crippen LogP contribution in [0, 0.1) is 13.8 Å². The number of piperidine rings is 1. The molecule has 0 spiro atoms. The Hall–Kier alpha value is -3.23. The molecule has 1 N–H and O–H groups in total. The van der Waals surface area contributed by atoms with Crippen molar-refractivity contribution in [3.63, 3.8) is 0 Å². The van der Waals surface area contributed by atoms with E-state index in [0.29, 0.717) is 30.0 Å². The Morgan fingerprint density at radius 2 is 1.89 bits per heavy atom. The maximum atomic E-state index is 14.1. The van der Waals surface area contributed by atoms with Crippen molar-refractivity contribution in [3.8, 4) is 16.9 Å². The Morgan fingerprint density at radius 1 is 1.19 bits per heavy atom. The van der Waals surface area contributed by atoms with Crippen molar-refractivity contribution in [1.82, 2.24) is 14.9 Å². The number of ether oxygens (including phenoxy) is 2. The van der Waals surface area contributed by atoms with Gasteiger partial charge in [-0.15, -0.1) is 0 Å². The highest BCUT2D eigenvalue weighted by molar-refractivity contribution is 5.95. The molecule has 1 fully saturated rings. The number of likely N-dealkylation sites (tertiary alicyclic amines) is 1. The first-order valence-corrected chi connectivity index (χ1v) is 13.0. The van der Waals surface area contributed by atoms with Gasteiger partial charge < -0.3 is 19.7 Å². The number of carbonyl (C=O) groups excluding carboxylic acids is 2. The number of nitrogens with zero attached hydrogens (tertiary/aromatic N) is 3. The molecule has 9 heteroatoms. The van der Waals surface area contributed by atoms with E-state index in [1.54, 1.807) is 23.1 Å². The Labute approximate surface area is 219 Å². The smallest absolute Gasteiger partial charge is 0.410 e. The molecule has 2 atom stereocenters. The van der Waals surface area contributed by atoms with E-state index < -0.39 is 17.7 Å². The summed E-state index contributed by atoms with van der Waals surface area (Å²) >= 11 is 0. The van der Waals surface area contributed by atoms with Crippen LogP contribution in [0.4, 0.5) is 14.9 Å². The summed E-state index contributed by atoms with van der Waals surface area (Å²) in [4.78, 5) is 35.6. The molecule has 0 bridgehead atoms. The quantitative estimate of drug-likeness (QED) is 0.464. The van der Waals surface area contributed by atoms with Crippen molar-refractivity contribution in [3.05, 3.63) is 35.9 Å². The second-order valence-electron chi connectivity index (χ2n) is 10.5. The van der Waals surface area contributed by atoms with Gasteiger partial charge in [-0.3, -0.25) is 4.79 Å². The van der Waals surface area contributed by atoms with Crippen LogP contribution in [0.5, 0.6) is 5.75 Å². The van der Waals surface area contributed by atoms with Crippen LogP contribution in [-0.2, 0) is 9.53 Å². The van der Waals surface area contributed by atoms with E-state index in [1.165, 1.54) is 6.33 Å². The predicted molar refractivity (Wildman–Crippen MR) is 141 cm³/mol. The molecule has 1 aliphatic rings. The molecule has 1 unspecified atom stereocenters.